The zero-order valence-electron chi connectivity index (χ0n) is 26.1. The van der Waals surface area contributed by atoms with E-state index in [2.05, 4.69) is 88.4 Å². The second-order valence-electron chi connectivity index (χ2n) is 11.9. The highest BCUT2D eigenvalue weighted by Crippen LogP contribution is 2.32. The fourth-order valence-corrected chi connectivity index (χ4v) is 5.92. The molecule has 7 heteroatoms. The second kappa shape index (κ2) is 16.7. The molecule has 1 unspecified atom stereocenters. The smallest absolute Gasteiger partial charge is 0.319 e. The van der Waals surface area contributed by atoms with Gasteiger partial charge in [0.25, 0.3) is 5.91 Å². The summed E-state index contributed by atoms with van der Waals surface area (Å²) in [6.07, 6.45) is 7.82. The molecule has 0 radical (unpaired) electrons. The van der Waals surface area contributed by atoms with Crippen LogP contribution in [0.2, 0.25) is 0 Å². The van der Waals surface area contributed by atoms with Gasteiger partial charge in [-0.05, 0) is 61.1 Å². The van der Waals surface area contributed by atoms with Gasteiger partial charge in [-0.25, -0.2) is 4.79 Å². The Morgan fingerprint density at radius 3 is 2.21 bits per heavy atom. The minimum atomic E-state index is -0.280. The van der Waals surface area contributed by atoms with Crippen LogP contribution in [0.5, 0.6) is 0 Å². The summed E-state index contributed by atoms with van der Waals surface area (Å²) in [7, 11) is 3.89. The van der Waals surface area contributed by atoms with Crippen LogP contribution in [-0.4, -0.2) is 57.1 Å². The Hall–Kier alpha value is -3.84. The maximum Gasteiger partial charge on any atom is 0.319 e. The number of carbonyl (C=O) groups is 2. The van der Waals surface area contributed by atoms with Gasteiger partial charge in [-0.2, -0.15) is 0 Å². The molecule has 1 aliphatic heterocycles. The zero-order valence-corrected chi connectivity index (χ0v) is 26.1. The molecule has 3 N–H and O–H groups in total. The standard InChI is InChI=1S/C36H49N5O2/c1-4-5-6-7-14-23-37-36(43)39-33-22-21-31(40(2)3)25-32(33)35(42)38-26-28-16-15-24-41(27-28)34(29-17-10-8-11-18-29)30-19-12-9-13-20-30/h8-13,17-22,25,28,34H,4-7,14-16,23-24,26-27H2,1-3H3,(H,38,42)(H2,37,39,43). The summed E-state index contributed by atoms with van der Waals surface area (Å²) in [5.74, 6) is 0.162. The Labute approximate surface area is 258 Å². The maximum atomic E-state index is 13.6. The van der Waals surface area contributed by atoms with E-state index in [0.717, 1.165) is 44.5 Å². The molecule has 3 amide bonds. The van der Waals surface area contributed by atoms with Crippen LogP contribution in [0.3, 0.4) is 0 Å². The van der Waals surface area contributed by atoms with Crippen molar-refractivity contribution in [2.75, 3.05) is 50.5 Å². The number of carbonyl (C=O) groups excluding carboxylic acids is 2. The SMILES string of the molecule is CCCCCCCNC(=O)Nc1ccc(N(C)C)cc1C(=O)NCC1CCCN(C(c2ccccc2)c2ccccc2)C1. The third kappa shape index (κ3) is 9.58. The van der Waals surface area contributed by atoms with Crippen LogP contribution < -0.4 is 20.9 Å². The molecule has 1 saturated heterocycles. The van der Waals surface area contributed by atoms with Crippen LogP contribution in [0, 0.1) is 5.92 Å². The van der Waals surface area contributed by atoms with E-state index in [-0.39, 0.29) is 18.0 Å². The number of nitrogens with one attached hydrogen (secondary N) is 3. The van der Waals surface area contributed by atoms with Gasteiger partial charge in [0.1, 0.15) is 0 Å². The Balaban J connectivity index is 1.40. The number of rotatable bonds is 14. The lowest BCUT2D eigenvalue weighted by atomic mass is 9.91. The quantitative estimate of drug-likeness (QED) is 0.177. The van der Waals surface area contributed by atoms with Gasteiger partial charge in [-0.1, -0.05) is 93.3 Å². The van der Waals surface area contributed by atoms with Gasteiger partial charge in [0, 0.05) is 39.4 Å². The first kappa shape index (κ1) is 32.1. The number of urea groups is 1. The summed E-state index contributed by atoms with van der Waals surface area (Å²) in [6, 6.07) is 26.9. The van der Waals surface area contributed by atoms with E-state index in [1.54, 1.807) is 0 Å². The minimum absolute atomic E-state index is 0.168. The van der Waals surface area contributed by atoms with Gasteiger partial charge in [-0.15, -0.1) is 0 Å². The number of likely N-dealkylation sites (tertiary alicyclic amines) is 1. The molecular weight excluding hydrogens is 534 g/mol. The molecule has 3 aromatic rings. The van der Waals surface area contributed by atoms with Crippen molar-refractivity contribution in [2.24, 2.45) is 5.92 Å². The van der Waals surface area contributed by atoms with Gasteiger partial charge < -0.3 is 20.9 Å². The molecule has 0 bridgehead atoms. The number of piperidine rings is 1. The average Bonchev–Trinajstić information content (AvgIpc) is 3.03. The van der Waals surface area contributed by atoms with Crippen molar-refractivity contribution in [3.05, 3.63) is 95.6 Å². The number of benzene rings is 3. The van der Waals surface area contributed by atoms with Gasteiger partial charge in [0.05, 0.1) is 17.3 Å². The van der Waals surface area contributed by atoms with Crippen LogP contribution in [-0.2, 0) is 0 Å². The van der Waals surface area contributed by atoms with Crippen LogP contribution in [0.1, 0.15) is 79.4 Å². The van der Waals surface area contributed by atoms with E-state index in [4.69, 9.17) is 0 Å². The van der Waals surface area contributed by atoms with E-state index < -0.39 is 0 Å². The summed E-state index contributed by atoms with van der Waals surface area (Å²) >= 11 is 0. The van der Waals surface area contributed by atoms with Gasteiger partial charge in [-0.3, -0.25) is 9.69 Å². The first-order chi connectivity index (χ1) is 21.0. The molecule has 0 saturated carbocycles. The fraction of sp³-hybridized carbons (Fsp3) is 0.444. The Morgan fingerprint density at radius 1 is 0.884 bits per heavy atom. The van der Waals surface area contributed by atoms with Crippen molar-refractivity contribution in [2.45, 2.75) is 57.9 Å². The van der Waals surface area contributed by atoms with Crippen LogP contribution in [0.25, 0.3) is 0 Å². The van der Waals surface area contributed by atoms with Gasteiger partial charge in [0.2, 0.25) is 0 Å². The van der Waals surface area contributed by atoms with Crippen molar-refractivity contribution >= 4 is 23.3 Å². The van der Waals surface area contributed by atoms with Crippen LogP contribution in [0.4, 0.5) is 16.2 Å². The van der Waals surface area contributed by atoms with E-state index in [1.165, 1.54) is 30.4 Å². The summed E-state index contributed by atoms with van der Waals surface area (Å²) in [6.45, 7) is 5.32. The van der Waals surface area contributed by atoms with Crippen molar-refractivity contribution in [1.29, 1.82) is 0 Å². The third-order valence-corrected chi connectivity index (χ3v) is 8.28. The summed E-state index contributed by atoms with van der Waals surface area (Å²) < 4.78 is 0. The summed E-state index contributed by atoms with van der Waals surface area (Å²) in [5.41, 5.74) is 4.47. The molecule has 0 spiro atoms. The normalized spacial score (nSPS) is 15.2. The van der Waals surface area contributed by atoms with E-state index >= 15 is 0 Å². The molecule has 4 rings (SSSR count). The predicted octanol–water partition coefficient (Wildman–Crippen LogP) is 7.08. The molecule has 1 aliphatic rings. The topological polar surface area (TPSA) is 76.7 Å². The molecular formula is C36H49N5O2. The molecule has 230 valence electrons. The van der Waals surface area contributed by atoms with E-state index in [0.29, 0.717) is 30.3 Å². The Kier molecular flexibility index (Phi) is 12.5. The van der Waals surface area contributed by atoms with Crippen molar-refractivity contribution in [1.82, 2.24) is 15.5 Å². The molecule has 0 aromatic heterocycles. The van der Waals surface area contributed by atoms with E-state index in [1.807, 2.05) is 37.2 Å². The molecule has 43 heavy (non-hydrogen) atoms. The zero-order chi connectivity index (χ0) is 30.4. The molecule has 1 atom stereocenters. The fourth-order valence-electron chi connectivity index (χ4n) is 5.92. The van der Waals surface area contributed by atoms with E-state index in [9.17, 15) is 9.59 Å². The van der Waals surface area contributed by atoms with Crippen LogP contribution >= 0.6 is 0 Å². The third-order valence-electron chi connectivity index (χ3n) is 8.28. The van der Waals surface area contributed by atoms with Gasteiger partial charge in [0.15, 0.2) is 0 Å². The molecule has 0 aliphatic carbocycles. The molecule has 7 nitrogen and oxygen atoms in total. The number of hydrogen-bond donors (Lipinski definition) is 3. The Bertz CT molecular complexity index is 1240. The van der Waals surface area contributed by atoms with Crippen molar-refractivity contribution in [3.8, 4) is 0 Å². The van der Waals surface area contributed by atoms with Crippen molar-refractivity contribution in [3.63, 3.8) is 0 Å². The molecule has 3 aromatic carbocycles. The largest absolute Gasteiger partial charge is 0.378 e. The highest BCUT2D eigenvalue weighted by molar-refractivity contribution is 6.04. The summed E-state index contributed by atoms with van der Waals surface area (Å²) in [4.78, 5) is 30.7. The average molecular weight is 584 g/mol. The highest BCUT2D eigenvalue weighted by atomic mass is 16.2. The highest BCUT2D eigenvalue weighted by Gasteiger charge is 2.28. The monoisotopic (exact) mass is 583 g/mol. The number of nitrogens with zero attached hydrogens (tertiary/aromatic N) is 2. The lowest BCUT2D eigenvalue weighted by Gasteiger charge is -2.39. The lowest BCUT2D eigenvalue weighted by molar-refractivity contribution is 0.0923. The number of amides is 3. The molecule has 1 fully saturated rings. The number of anilines is 2. The lowest BCUT2D eigenvalue weighted by Crippen LogP contribution is -2.43. The first-order valence-corrected chi connectivity index (χ1v) is 15.9. The van der Waals surface area contributed by atoms with Crippen LogP contribution in [0.15, 0.2) is 78.9 Å². The van der Waals surface area contributed by atoms with Crippen molar-refractivity contribution < 1.29 is 9.59 Å². The number of hydrogen-bond acceptors (Lipinski definition) is 4. The minimum Gasteiger partial charge on any atom is -0.378 e. The Morgan fingerprint density at radius 2 is 1.56 bits per heavy atom. The predicted molar refractivity (Wildman–Crippen MR) is 178 cm³/mol. The second-order valence-corrected chi connectivity index (χ2v) is 11.9. The number of unbranched alkanes of at least 4 members (excludes halogenated alkanes) is 4. The summed E-state index contributed by atoms with van der Waals surface area (Å²) in [5, 5.41) is 9.06. The maximum absolute atomic E-state index is 13.6. The first-order valence-electron chi connectivity index (χ1n) is 15.9. The van der Waals surface area contributed by atoms with Gasteiger partial charge >= 0.3 is 6.03 Å². The molecule has 1 heterocycles.